The van der Waals surface area contributed by atoms with E-state index in [2.05, 4.69) is 47.8 Å². The van der Waals surface area contributed by atoms with Crippen molar-refractivity contribution in [3.63, 3.8) is 0 Å². The molecule has 2 aromatic rings. The molecule has 364 valence electrons. The molecule has 0 bridgehead atoms. The molecule has 4 fully saturated rings. The predicted molar refractivity (Wildman–Crippen MR) is 249 cm³/mol. The van der Waals surface area contributed by atoms with Crippen molar-refractivity contribution < 1.29 is 57.0 Å². The number of fused-ring (bicyclic) bond motifs is 8. The summed E-state index contributed by atoms with van der Waals surface area (Å²) in [7, 11) is 4.95. The minimum Gasteiger partial charge on any atom is -0.462 e. The van der Waals surface area contributed by atoms with E-state index < -0.39 is 36.8 Å². The second kappa shape index (κ2) is 21.0. The summed E-state index contributed by atoms with van der Waals surface area (Å²) in [5.74, 6) is -0.493. The van der Waals surface area contributed by atoms with Crippen molar-refractivity contribution in [3.05, 3.63) is 83.5 Å². The van der Waals surface area contributed by atoms with Crippen molar-refractivity contribution in [2.75, 3.05) is 27.9 Å². The molecule has 3 aliphatic heterocycles. The van der Waals surface area contributed by atoms with E-state index in [1.165, 1.54) is 11.1 Å². The number of carbonyl (C=O) groups is 3. The fraction of sp³-hybridized carbons (Fsp3) is 0.648. The van der Waals surface area contributed by atoms with Gasteiger partial charge in [-0.3, -0.25) is 9.59 Å². The lowest BCUT2D eigenvalue weighted by Gasteiger charge is -2.44. The molecular formula is C54H71NO12. The Hall–Kier alpha value is -3.95. The number of benzene rings is 2. The van der Waals surface area contributed by atoms with Crippen LogP contribution in [0.1, 0.15) is 103 Å². The monoisotopic (exact) mass is 925 g/mol. The highest BCUT2D eigenvalue weighted by atomic mass is 16.7. The van der Waals surface area contributed by atoms with E-state index in [0.717, 1.165) is 30.4 Å². The summed E-state index contributed by atoms with van der Waals surface area (Å²) in [6.07, 6.45) is 8.31. The second-order valence-corrected chi connectivity index (χ2v) is 20.0. The van der Waals surface area contributed by atoms with Crippen molar-refractivity contribution in [1.29, 1.82) is 0 Å². The van der Waals surface area contributed by atoms with Crippen LogP contribution in [0.4, 0.5) is 4.79 Å². The van der Waals surface area contributed by atoms with E-state index in [9.17, 15) is 14.4 Å². The zero-order valence-corrected chi connectivity index (χ0v) is 40.2. The van der Waals surface area contributed by atoms with Crippen LogP contribution in [0.2, 0.25) is 0 Å². The molecule has 8 unspecified atom stereocenters. The van der Waals surface area contributed by atoms with Gasteiger partial charge in [-0.25, -0.2) is 4.79 Å². The van der Waals surface area contributed by atoms with Gasteiger partial charge < -0.3 is 47.9 Å². The number of nitrogens with one attached hydrogen (secondary N) is 1. The maximum absolute atomic E-state index is 14.9. The van der Waals surface area contributed by atoms with Crippen molar-refractivity contribution in [2.45, 2.75) is 159 Å². The minimum atomic E-state index is -0.626. The van der Waals surface area contributed by atoms with E-state index in [0.29, 0.717) is 37.7 Å². The van der Waals surface area contributed by atoms with Gasteiger partial charge in [0.25, 0.3) is 0 Å². The molecule has 13 nitrogen and oxygen atoms in total. The van der Waals surface area contributed by atoms with Gasteiger partial charge in [0.15, 0.2) is 18.4 Å². The molecule has 0 aromatic heterocycles. The van der Waals surface area contributed by atoms with Crippen molar-refractivity contribution >= 4 is 17.8 Å². The lowest BCUT2D eigenvalue weighted by Crippen LogP contribution is -2.59. The van der Waals surface area contributed by atoms with Gasteiger partial charge in [0.2, 0.25) is 0 Å². The third kappa shape index (κ3) is 9.81. The highest BCUT2D eigenvalue weighted by Gasteiger charge is 2.53. The Balaban J connectivity index is 0.847. The molecule has 4 aliphatic carbocycles. The predicted octanol–water partition coefficient (Wildman–Crippen LogP) is 8.46. The number of rotatable bonds is 11. The molecular weight excluding hydrogens is 855 g/mol. The molecule has 1 N–H and O–H groups in total. The van der Waals surface area contributed by atoms with Crippen LogP contribution in [-0.4, -0.2) is 113 Å². The number of cyclic esters (lactones) is 1. The maximum atomic E-state index is 14.9. The van der Waals surface area contributed by atoms with E-state index >= 15 is 0 Å². The van der Waals surface area contributed by atoms with Crippen LogP contribution in [-0.2, 0) is 52.2 Å². The summed E-state index contributed by atoms with van der Waals surface area (Å²) in [6.45, 7) is 8.16. The summed E-state index contributed by atoms with van der Waals surface area (Å²) in [4.78, 5) is 41.9. The van der Waals surface area contributed by atoms with Crippen molar-refractivity contribution in [3.8, 4) is 11.1 Å². The maximum Gasteiger partial charge on any atom is 0.407 e. The first-order chi connectivity index (χ1) is 32.5. The number of methoxy groups -OCH3 is 3. The van der Waals surface area contributed by atoms with E-state index in [-0.39, 0.29) is 103 Å². The molecule has 17 atom stereocenters. The Morgan fingerprint density at radius 3 is 2.18 bits per heavy atom. The fourth-order valence-electron chi connectivity index (χ4n) is 12.7. The molecule has 7 aliphatic rings. The molecule has 0 radical (unpaired) electrons. The summed E-state index contributed by atoms with van der Waals surface area (Å²) in [5.41, 5.74) is 5.40. The summed E-state index contributed by atoms with van der Waals surface area (Å²) in [5, 5.41) is 3.06. The number of hydrogen-bond acceptors (Lipinski definition) is 12. The molecule has 67 heavy (non-hydrogen) atoms. The number of carbonyl (C=O) groups excluding carboxylic acids is 3. The summed E-state index contributed by atoms with van der Waals surface area (Å²) in [6, 6.07) is 16.3. The van der Waals surface area contributed by atoms with Crippen molar-refractivity contribution in [1.82, 2.24) is 5.32 Å². The van der Waals surface area contributed by atoms with E-state index in [4.69, 9.17) is 42.6 Å². The van der Waals surface area contributed by atoms with Crippen LogP contribution in [0.25, 0.3) is 11.1 Å². The SMILES string of the molecule is CC[C@@H]1CCC[C@@H](OC2CCC(NC(=O)OCC3c4ccccc4-c4ccccc43)C(C)O2)[C@H](C)C(=O)C2=C[C@H]3[C@H](C=C[C@H]4C[C@H](OC5OC(C)C(OC)C(OC)C5OC)C[C@H]34)[C@H]2CC(=O)O1. The first-order valence-electron chi connectivity index (χ1n) is 24.9. The number of ketones is 1. The molecule has 13 heteroatoms. The number of esters is 1. The Morgan fingerprint density at radius 1 is 0.776 bits per heavy atom. The first kappa shape index (κ1) is 48.1. The third-order valence-electron chi connectivity index (χ3n) is 16.3. The highest BCUT2D eigenvalue weighted by Crippen LogP contribution is 2.54. The van der Waals surface area contributed by atoms with Gasteiger partial charge in [0.1, 0.15) is 31.0 Å². The van der Waals surface area contributed by atoms with Gasteiger partial charge in [0.05, 0.1) is 36.9 Å². The topological polar surface area (TPSA) is 146 Å². The summed E-state index contributed by atoms with van der Waals surface area (Å²) < 4.78 is 55.8. The van der Waals surface area contributed by atoms with Gasteiger partial charge in [-0.1, -0.05) is 80.6 Å². The number of Topliss-reactive ketones (excluding diaryl/α,β-unsaturated/α-hetero) is 1. The molecule has 1 saturated carbocycles. The molecule has 0 spiro atoms. The molecule has 2 aromatic carbocycles. The van der Waals surface area contributed by atoms with Crippen LogP contribution >= 0.6 is 0 Å². The molecule has 1 amide bonds. The van der Waals surface area contributed by atoms with Crippen LogP contribution in [0.15, 0.2) is 72.3 Å². The van der Waals surface area contributed by atoms with Crippen LogP contribution in [0.5, 0.6) is 0 Å². The minimum absolute atomic E-state index is 0.0115. The van der Waals surface area contributed by atoms with Gasteiger partial charge in [0, 0.05) is 45.5 Å². The largest absolute Gasteiger partial charge is 0.462 e. The summed E-state index contributed by atoms with van der Waals surface area (Å²) >= 11 is 0. The van der Waals surface area contributed by atoms with Crippen LogP contribution in [0, 0.1) is 35.5 Å². The normalized spacial score (nSPS) is 38.6. The Bertz CT molecular complexity index is 2100. The molecule has 3 saturated heterocycles. The Kier molecular flexibility index (Phi) is 15.0. The Morgan fingerprint density at radius 2 is 1.49 bits per heavy atom. The lowest BCUT2D eigenvalue weighted by molar-refractivity contribution is -0.314. The number of amides is 1. The smallest absolute Gasteiger partial charge is 0.407 e. The zero-order chi connectivity index (χ0) is 46.9. The van der Waals surface area contributed by atoms with Crippen LogP contribution < -0.4 is 5.32 Å². The quantitative estimate of drug-likeness (QED) is 0.170. The third-order valence-corrected chi connectivity index (χ3v) is 16.3. The highest BCUT2D eigenvalue weighted by molar-refractivity contribution is 5.99. The van der Waals surface area contributed by atoms with E-state index in [1.54, 1.807) is 21.3 Å². The second-order valence-electron chi connectivity index (χ2n) is 20.0. The fourth-order valence-corrected chi connectivity index (χ4v) is 12.7. The van der Waals surface area contributed by atoms with Gasteiger partial charge in [-0.05, 0) is 110 Å². The van der Waals surface area contributed by atoms with Gasteiger partial charge >= 0.3 is 12.1 Å². The zero-order valence-electron chi connectivity index (χ0n) is 40.2. The average Bonchev–Trinajstić information content (AvgIpc) is 4.01. The van der Waals surface area contributed by atoms with E-state index in [1.807, 2.05) is 52.0 Å². The number of hydrogen-bond donors (Lipinski definition) is 1. The van der Waals surface area contributed by atoms with Crippen LogP contribution in [0.3, 0.4) is 0 Å². The Labute approximate surface area is 395 Å². The number of ether oxygens (including phenoxy) is 9. The van der Waals surface area contributed by atoms with Gasteiger partial charge in [-0.2, -0.15) is 0 Å². The van der Waals surface area contributed by atoms with Crippen molar-refractivity contribution in [2.24, 2.45) is 35.5 Å². The standard InChI is InChI=1S/C54H71NO12/c1-8-33-14-13-19-46(67-48-23-22-45(30(3)63-48)55-54(58)62-28-44-37-17-11-9-15-35(37)36-16-10-12-18-38(36)44)29(2)49(57)43-26-41-39(42(43)27-47(56)65-33)21-20-32-24-34(25-40(32)41)66-53-52(61-7)51(60-6)50(59-5)31(4)64-53/h9-12,15-18,20-21,26,29-34,39-42,44-46,48,50-53H,8,13-14,19,22-25,27-28H2,1-7H3,(H,55,58)/t29-,30?,31?,32-,33+,34-,39-,40-,41-,42+,45?,46+,48?,50?,51?,52?,53?/m0/s1. The van der Waals surface area contributed by atoms with Gasteiger partial charge in [-0.15, -0.1) is 0 Å². The molecule has 3 heterocycles. The number of alkyl carbamates (subject to hydrolysis) is 1. The average molecular weight is 926 g/mol. The lowest BCUT2D eigenvalue weighted by atomic mass is 9.70. The molecule has 9 rings (SSSR count). The first-order valence-corrected chi connectivity index (χ1v) is 24.9. The number of allylic oxidation sites excluding steroid dienone is 4.